The monoisotopic (exact) mass is 299 g/mol. The molecule has 0 saturated carbocycles. The van der Waals surface area contributed by atoms with E-state index in [0.29, 0.717) is 18.1 Å². The Morgan fingerprint density at radius 1 is 1.55 bits per heavy atom. The minimum atomic E-state index is -0.353. The van der Waals surface area contributed by atoms with Crippen LogP contribution in [0, 0.1) is 12.8 Å². The lowest BCUT2D eigenvalue weighted by atomic mass is 10.0. The van der Waals surface area contributed by atoms with Crippen molar-refractivity contribution in [2.24, 2.45) is 13.0 Å². The van der Waals surface area contributed by atoms with E-state index in [1.807, 2.05) is 13.8 Å². The summed E-state index contributed by atoms with van der Waals surface area (Å²) in [5, 5.41) is 16.7. The van der Waals surface area contributed by atoms with Crippen LogP contribution in [0.1, 0.15) is 31.5 Å². The first-order valence-corrected chi connectivity index (χ1v) is 7.02. The number of aryl methyl sites for hydroxylation is 2. The van der Waals surface area contributed by atoms with Crippen molar-refractivity contribution in [3.8, 4) is 0 Å². The third-order valence-corrected chi connectivity index (χ3v) is 3.41. The van der Waals surface area contributed by atoms with Gasteiger partial charge in [-0.1, -0.05) is 18.5 Å². The summed E-state index contributed by atoms with van der Waals surface area (Å²) in [5.74, 6) is 0.0535. The normalized spacial score (nSPS) is 14.5. The predicted molar refractivity (Wildman–Crippen MR) is 80.5 cm³/mol. The number of hydrogen-bond acceptors (Lipinski definition) is 3. The van der Waals surface area contributed by atoms with E-state index in [1.165, 1.54) is 6.08 Å². The quantitative estimate of drug-likeness (QED) is 0.789. The van der Waals surface area contributed by atoms with Crippen molar-refractivity contribution >= 4 is 23.6 Å². The zero-order valence-corrected chi connectivity index (χ0v) is 13.1. The van der Waals surface area contributed by atoms with Gasteiger partial charge in [0.2, 0.25) is 5.91 Å². The number of rotatable bonds is 6. The lowest BCUT2D eigenvalue weighted by Gasteiger charge is -2.13. The van der Waals surface area contributed by atoms with Crippen LogP contribution in [0.5, 0.6) is 0 Å². The van der Waals surface area contributed by atoms with Crippen LogP contribution in [0.2, 0.25) is 5.15 Å². The van der Waals surface area contributed by atoms with Gasteiger partial charge in [0.25, 0.3) is 0 Å². The standard InChI is InChI=1S/C14H22ClN3O2/c1-9(7-10(2)19)8-16-13(20)6-5-12-11(3)17-18(4)14(12)15/h5-6,9-10,19H,7-8H2,1-4H3,(H,16,20). The molecule has 2 atom stereocenters. The third-order valence-electron chi connectivity index (χ3n) is 2.97. The average Bonchev–Trinajstić information content (AvgIpc) is 2.58. The molecule has 112 valence electrons. The summed E-state index contributed by atoms with van der Waals surface area (Å²) in [5.41, 5.74) is 1.53. The number of nitrogens with one attached hydrogen (secondary N) is 1. The van der Waals surface area contributed by atoms with Gasteiger partial charge in [-0.3, -0.25) is 9.48 Å². The van der Waals surface area contributed by atoms with Gasteiger partial charge in [-0.05, 0) is 32.3 Å². The van der Waals surface area contributed by atoms with Crippen LogP contribution >= 0.6 is 11.6 Å². The van der Waals surface area contributed by atoms with Crippen molar-refractivity contribution in [1.29, 1.82) is 0 Å². The van der Waals surface area contributed by atoms with Crippen molar-refractivity contribution in [2.75, 3.05) is 6.54 Å². The molecular weight excluding hydrogens is 278 g/mol. The van der Waals surface area contributed by atoms with Gasteiger partial charge in [0.15, 0.2) is 0 Å². The number of nitrogens with zero attached hydrogens (tertiary/aromatic N) is 2. The Morgan fingerprint density at radius 3 is 2.70 bits per heavy atom. The molecule has 0 aliphatic carbocycles. The van der Waals surface area contributed by atoms with Crippen molar-refractivity contribution in [2.45, 2.75) is 33.3 Å². The molecule has 0 radical (unpaired) electrons. The molecule has 0 bridgehead atoms. The van der Waals surface area contributed by atoms with E-state index in [9.17, 15) is 9.90 Å². The summed E-state index contributed by atoms with van der Waals surface area (Å²) < 4.78 is 1.57. The van der Waals surface area contributed by atoms with Gasteiger partial charge < -0.3 is 10.4 Å². The Bertz CT molecular complexity index is 495. The molecule has 0 aliphatic rings. The zero-order valence-electron chi connectivity index (χ0n) is 12.4. The van der Waals surface area contributed by atoms with Crippen LogP contribution in [0.15, 0.2) is 6.08 Å². The first-order valence-electron chi connectivity index (χ1n) is 6.64. The van der Waals surface area contributed by atoms with Gasteiger partial charge in [0.05, 0.1) is 11.8 Å². The smallest absolute Gasteiger partial charge is 0.244 e. The number of aliphatic hydroxyl groups excluding tert-OH is 1. The molecule has 1 rings (SSSR count). The minimum absolute atomic E-state index is 0.179. The Kier molecular flexibility index (Phi) is 6.23. The van der Waals surface area contributed by atoms with Crippen molar-refractivity contribution in [3.63, 3.8) is 0 Å². The topological polar surface area (TPSA) is 67.2 Å². The van der Waals surface area contributed by atoms with Gasteiger partial charge in [-0.15, -0.1) is 0 Å². The van der Waals surface area contributed by atoms with Crippen LogP contribution in [0.25, 0.3) is 6.08 Å². The number of carbonyl (C=O) groups excluding carboxylic acids is 1. The molecule has 0 fully saturated rings. The maximum absolute atomic E-state index is 11.7. The van der Waals surface area contributed by atoms with E-state index < -0.39 is 0 Å². The summed E-state index contributed by atoms with van der Waals surface area (Å²) in [6.07, 6.45) is 3.43. The molecule has 2 unspecified atom stereocenters. The maximum atomic E-state index is 11.7. The summed E-state index contributed by atoms with van der Waals surface area (Å²) in [6, 6.07) is 0. The Hall–Kier alpha value is -1.33. The number of amides is 1. The second kappa shape index (κ2) is 7.45. The molecule has 2 N–H and O–H groups in total. The molecule has 1 aromatic rings. The van der Waals surface area contributed by atoms with Gasteiger partial charge in [0.1, 0.15) is 5.15 Å². The summed E-state index contributed by atoms with van der Waals surface area (Å²) in [6.45, 7) is 6.10. The molecule has 0 spiro atoms. The van der Waals surface area contributed by atoms with Crippen LogP contribution in [0.4, 0.5) is 0 Å². The number of hydrogen-bond donors (Lipinski definition) is 2. The third kappa shape index (κ3) is 4.98. The molecule has 0 saturated heterocycles. The fourth-order valence-corrected chi connectivity index (χ4v) is 2.23. The Morgan fingerprint density at radius 2 is 2.20 bits per heavy atom. The number of aliphatic hydroxyl groups is 1. The van der Waals surface area contributed by atoms with Gasteiger partial charge in [0, 0.05) is 25.2 Å². The molecule has 1 amide bonds. The highest BCUT2D eigenvalue weighted by Gasteiger charge is 2.09. The molecule has 5 nitrogen and oxygen atoms in total. The highest BCUT2D eigenvalue weighted by molar-refractivity contribution is 6.31. The van der Waals surface area contributed by atoms with Crippen molar-refractivity contribution < 1.29 is 9.90 Å². The lowest BCUT2D eigenvalue weighted by Crippen LogP contribution is -2.27. The minimum Gasteiger partial charge on any atom is -0.393 e. The Balaban J connectivity index is 2.52. The summed E-state index contributed by atoms with van der Waals surface area (Å²) in [4.78, 5) is 11.7. The summed E-state index contributed by atoms with van der Waals surface area (Å²) >= 11 is 6.07. The van der Waals surface area contributed by atoms with E-state index in [2.05, 4.69) is 10.4 Å². The van der Waals surface area contributed by atoms with E-state index >= 15 is 0 Å². The van der Waals surface area contributed by atoms with E-state index in [0.717, 1.165) is 11.3 Å². The molecule has 6 heteroatoms. The van der Waals surface area contributed by atoms with Crippen molar-refractivity contribution in [3.05, 3.63) is 22.5 Å². The predicted octanol–water partition coefficient (Wildman–Crippen LogP) is 1.92. The second-order valence-corrected chi connectivity index (χ2v) is 5.54. The largest absolute Gasteiger partial charge is 0.393 e. The van der Waals surface area contributed by atoms with Gasteiger partial charge in [-0.25, -0.2) is 0 Å². The van der Waals surface area contributed by atoms with Crippen LogP contribution in [-0.4, -0.2) is 33.4 Å². The van der Waals surface area contributed by atoms with E-state index in [-0.39, 0.29) is 17.9 Å². The van der Waals surface area contributed by atoms with E-state index in [1.54, 1.807) is 24.7 Å². The average molecular weight is 300 g/mol. The summed E-state index contributed by atoms with van der Waals surface area (Å²) in [7, 11) is 1.75. The Labute approximate surface area is 124 Å². The first kappa shape index (κ1) is 16.7. The first-order chi connectivity index (χ1) is 9.31. The number of carbonyl (C=O) groups is 1. The van der Waals surface area contributed by atoms with Crippen LogP contribution < -0.4 is 5.32 Å². The fraction of sp³-hybridized carbons (Fsp3) is 0.571. The molecule has 0 aromatic carbocycles. The van der Waals surface area contributed by atoms with Crippen LogP contribution in [-0.2, 0) is 11.8 Å². The lowest BCUT2D eigenvalue weighted by molar-refractivity contribution is -0.116. The molecule has 20 heavy (non-hydrogen) atoms. The molecule has 1 aromatic heterocycles. The molecule has 1 heterocycles. The van der Waals surface area contributed by atoms with Gasteiger partial charge in [-0.2, -0.15) is 5.10 Å². The van der Waals surface area contributed by atoms with Gasteiger partial charge >= 0.3 is 0 Å². The fourth-order valence-electron chi connectivity index (χ4n) is 1.99. The highest BCUT2D eigenvalue weighted by Crippen LogP contribution is 2.19. The van der Waals surface area contributed by atoms with Crippen molar-refractivity contribution in [1.82, 2.24) is 15.1 Å². The van der Waals surface area contributed by atoms with E-state index in [4.69, 9.17) is 11.6 Å². The van der Waals surface area contributed by atoms with Crippen LogP contribution in [0.3, 0.4) is 0 Å². The number of halogens is 1. The zero-order chi connectivity index (χ0) is 15.3. The maximum Gasteiger partial charge on any atom is 0.244 e. The SMILES string of the molecule is Cc1nn(C)c(Cl)c1C=CC(=O)NCC(C)CC(C)O. The number of aromatic nitrogens is 2. The second-order valence-electron chi connectivity index (χ2n) is 5.18. The highest BCUT2D eigenvalue weighted by atomic mass is 35.5. The molecule has 0 aliphatic heterocycles. The molecular formula is C14H22ClN3O2.